The second-order valence-electron chi connectivity index (χ2n) is 7.00. The predicted octanol–water partition coefficient (Wildman–Crippen LogP) is 4.94. The van der Waals surface area contributed by atoms with Crippen LogP contribution < -0.4 is 3.32 Å². The van der Waals surface area contributed by atoms with E-state index < -0.39 is 26.6 Å². The first kappa shape index (κ1) is 15.5. The zero-order valence-electron chi connectivity index (χ0n) is 16.2. The van der Waals surface area contributed by atoms with Crippen molar-refractivity contribution in [1.29, 1.82) is 0 Å². The summed E-state index contributed by atoms with van der Waals surface area (Å²) < 4.78 is 3.71. The van der Waals surface area contributed by atoms with Gasteiger partial charge < -0.3 is 2.85 Å². The van der Waals surface area contributed by atoms with Gasteiger partial charge in [0.25, 0.3) is 0 Å². The van der Waals surface area contributed by atoms with Gasteiger partial charge in [0, 0.05) is 0 Å². The van der Waals surface area contributed by atoms with Crippen LogP contribution in [0.1, 0.15) is 27.3 Å². The number of hydrogen-bond acceptors (Lipinski definition) is 0. The summed E-state index contributed by atoms with van der Waals surface area (Å²) >= 11 is -1.89. The van der Waals surface area contributed by atoms with Gasteiger partial charge in [-0.3, -0.25) is 0 Å². The Kier molecular flexibility index (Phi) is 4.15. The van der Waals surface area contributed by atoms with Crippen molar-refractivity contribution in [3.8, 4) is 11.1 Å². The fourth-order valence-electron chi connectivity index (χ4n) is 4.17. The molecule has 2 aromatic rings. The molecule has 2 aliphatic rings. The Labute approximate surface area is 151 Å². The molecule has 0 aromatic heterocycles. The van der Waals surface area contributed by atoms with Crippen molar-refractivity contribution < 1.29 is 23.5 Å². The third-order valence-corrected chi connectivity index (χ3v) is 32.5. The van der Waals surface area contributed by atoms with Crippen LogP contribution in [0.15, 0.2) is 63.5 Å². The molecule has 2 aliphatic carbocycles. The standard InChI is InChI=1S/C13H9.C6H7.C2H7Si.Hf.2H/c1-3-7-12-10(5-1)9-11-6-2-4-8-13(11)12;1-6-4-2-3-5-6;1-3-2;;;/h1-5,7-8H,9H2;2,4H,3H2,1H3;3H,1-2H3;;;/q;;;+2;2*-1. The van der Waals surface area contributed by atoms with Gasteiger partial charge in [-0.1, -0.05) is 0 Å². The van der Waals surface area contributed by atoms with E-state index in [0.717, 1.165) is 6.42 Å². The molecule has 0 radical (unpaired) electrons. The van der Waals surface area contributed by atoms with Crippen LogP contribution in [0.4, 0.5) is 0 Å². The first-order valence-corrected chi connectivity index (χ1v) is 21.3. The molecule has 2 heteroatoms. The minimum atomic E-state index is -1.89. The smallest absolute Gasteiger partial charge is 1.00 e. The molecule has 0 saturated heterocycles. The van der Waals surface area contributed by atoms with Crippen LogP contribution in [-0.4, -0.2) is 5.98 Å². The average Bonchev–Trinajstić information content (AvgIpc) is 3.12. The molecule has 0 saturated carbocycles. The minimum absolute atomic E-state index is 0. The second-order valence-corrected chi connectivity index (χ2v) is 33.6. The SMILES string of the molecule is CC1=[C]([Hf+2]([c]2cccc3c2Cc2ccccc2-3)[SiH](C)C)CC=C1.[H-].[H-]. The summed E-state index contributed by atoms with van der Waals surface area (Å²) in [5.74, 6) is -0.621. The minimum Gasteiger partial charge on any atom is -1.00 e. The van der Waals surface area contributed by atoms with Gasteiger partial charge >= 0.3 is 149 Å². The van der Waals surface area contributed by atoms with E-state index >= 15 is 0 Å². The predicted molar refractivity (Wildman–Crippen MR) is 102 cm³/mol. The molecule has 0 unspecified atom stereocenters. The van der Waals surface area contributed by atoms with Crippen molar-refractivity contribution in [2.75, 3.05) is 0 Å². The maximum atomic E-state index is 2.60. The van der Waals surface area contributed by atoms with Crippen molar-refractivity contribution >= 4 is 9.30 Å². The van der Waals surface area contributed by atoms with Gasteiger partial charge in [0.1, 0.15) is 0 Å². The number of allylic oxidation sites excluding steroid dienone is 4. The summed E-state index contributed by atoms with van der Waals surface area (Å²) in [6.45, 7) is 7.54. The van der Waals surface area contributed by atoms with Gasteiger partial charge in [-0.15, -0.1) is 0 Å². The van der Waals surface area contributed by atoms with Crippen LogP contribution >= 0.6 is 0 Å². The molecular weight excluding hydrogens is 459 g/mol. The van der Waals surface area contributed by atoms with Gasteiger partial charge in [-0.05, 0) is 0 Å². The Morgan fingerprint density at radius 2 is 1.78 bits per heavy atom. The molecule has 0 spiro atoms. The van der Waals surface area contributed by atoms with E-state index in [-0.39, 0.29) is 2.85 Å². The molecule has 0 bridgehead atoms. The van der Waals surface area contributed by atoms with E-state index in [2.05, 4.69) is 74.6 Å². The van der Waals surface area contributed by atoms with Gasteiger partial charge in [0.15, 0.2) is 0 Å². The Bertz CT molecular complexity index is 840. The number of benzene rings is 2. The fraction of sp³-hybridized carbons (Fsp3) is 0.238. The molecule has 117 valence electrons. The van der Waals surface area contributed by atoms with Crippen molar-refractivity contribution in [2.24, 2.45) is 0 Å². The van der Waals surface area contributed by atoms with E-state index in [4.69, 9.17) is 0 Å². The topological polar surface area (TPSA) is 0 Å². The quantitative estimate of drug-likeness (QED) is 0.463. The summed E-state index contributed by atoms with van der Waals surface area (Å²) in [7, 11) is 0. The average molecular weight is 484 g/mol. The third-order valence-electron chi connectivity index (χ3n) is 5.21. The summed E-state index contributed by atoms with van der Waals surface area (Å²) in [6, 6.07) is 16.2. The Balaban J connectivity index is 0.00000113. The van der Waals surface area contributed by atoms with E-state index in [1.165, 1.54) is 23.1 Å². The molecule has 0 N–H and O–H groups in total. The molecule has 2 aromatic carbocycles. The van der Waals surface area contributed by atoms with E-state index in [1.54, 1.807) is 11.1 Å². The zero-order chi connectivity index (χ0) is 16.0. The van der Waals surface area contributed by atoms with Crippen LogP contribution in [0.3, 0.4) is 0 Å². The van der Waals surface area contributed by atoms with Crippen LogP contribution in [-0.2, 0) is 27.0 Å². The van der Waals surface area contributed by atoms with Crippen LogP contribution in [0.2, 0.25) is 13.1 Å². The molecular formula is C21H25HfSi. The van der Waals surface area contributed by atoms with Gasteiger partial charge in [-0.25, -0.2) is 0 Å². The molecule has 4 rings (SSSR count). The van der Waals surface area contributed by atoms with E-state index in [0.29, 0.717) is 0 Å². The normalized spacial score (nSPS) is 15.3. The number of fused-ring (bicyclic) bond motifs is 3. The van der Waals surface area contributed by atoms with Gasteiger partial charge in [0.2, 0.25) is 0 Å². The number of hydrogen-bond donors (Lipinski definition) is 0. The molecule has 0 fully saturated rings. The molecule has 23 heavy (non-hydrogen) atoms. The van der Waals surface area contributed by atoms with Crippen LogP contribution in [0, 0.1) is 0 Å². The van der Waals surface area contributed by atoms with Crippen molar-refractivity contribution in [2.45, 2.75) is 32.9 Å². The number of rotatable bonds is 3. The van der Waals surface area contributed by atoms with Crippen LogP contribution in [0.5, 0.6) is 0 Å². The molecule has 0 atom stereocenters. The summed E-state index contributed by atoms with van der Waals surface area (Å²) in [5.41, 5.74) is 7.82. The molecule has 0 nitrogen and oxygen atoms in total. The van der Waals surface area contributed by atoms with Gasteiger partial charge in [0.05, 0.1) is 0 Å². The maximum absolute atomic E-state index is 2.60. The Morgan fingerprint density at radius 3 is 2.52 bits per heavy atom. The monoisotopic (exact) mass is 485 g/mol. The third kappa shape index (κ3) is 2.60. The Morgan fingerprint density at radius 1 is 1.00 bits per heavy atom. The maximum Gasteiger partial charge on any atom is -1.00 e. The largest absolute Gasteiger partial charge is 1.00 e. The van der Waals surface area contributed by atoms with Crippen molar-refractivity contribution in [3.05, 3.63) is 74.6 Å². The van der Waals surface area contributed by atoms with Crippen LogP contribution in [0.25, 0.3) is 11.1 Å². The van der Waals surface area contributed by atoms with Crippen molar-refractivity contribution in [1.82, 2.24) is 0 Å². The Hall–Kier alpha value is -0.993. The van der Waals surface area contributed by atoms with Crippen molar-refractivity contribution in [3.63, 3.8) is 0 Å². The first-order valence-electron chi connectivity index (χ1n) is 8.61. The summed E-state index contributed by atoms with van der Waals surface area (Å²) in [4.78, 5) is 0. The fourth-order valence-corrected chi connectivity index (χ4v) is 31.9. The zero-order valence-corrected chi connectivity index (χ0v) is 18.9. The van der Waals surface area contributed by atoms with Gasteiger partial charge in [-0.2, -0.15) is 0 Å². The van der Waals surface area contributed by atoms with E-state index in [1.807, 2.05) is 6.65 Å². The first-order chi connectivity index (χ1) is 11.2. The van der Waals surface area contributed by atoms with E-state index in [9.17, 15) is 0 Å². The second kappa shape index (κ2) is 6.14. The molecule has 0 aliphatic heterocycles. The summed E-state index contributed by atoms with van der Waals surface area (Å²) in [6.07, 6.45) is 7.17. The molecule has 0 amide bonds. The molecule has 0 heterocycles. The summed E-state index contributed by atoms with van der Waals surface area (Å²) in [5, 5.41) is 0.